The predicted octanol–water partition coefficient (Wildman–Crippen LogP) is 6.06. The summed E-state index contributed by atoms with van der Waals surface area (Å²) in [5.41, 5.74) is 10.8. The third kappa shape index (κ3) is 4.50. The third-order valence-electron chi connectivity index (χ3n) is 5.83. The molecule has 3 aromatic carbocycles. The van der Waals surface area contributed by atoms with Crippen molar-refractivity contribution in [3.8, 4) is 5.69 Å². The first-order valence-electron chi connectivity index (χ1n) is 11.1. The van der Waals surface area contributed by atoms with Crippen LogP contribution in [0.3, 0.4) is 0 Å². The monoisotopic (exact) mass is 470 g/mol. The minimum atomic E-state index is -2.96. The Morgan fingerprint density at radius 1 is 1.06 bits per heavy atom. The Hall–Kier alpha value is -4.46. The van der Waals surface area contributed by atoms with E-state index in [4.69, 9.17) is 10.7 Å². The van der Waals surface area contributed by atoms with Crippen LogP contribution in [-0.4, -0.2) is 19.3 Å². The number of anilines is 2. The van der Waals surface area contributed by atoms with Crippen molar-refractivity contribution in [2.24, 2.45) is 5.73 Å². The number of halogens is 2. The van der Waals surface area contributed by atoms with Crippen molar-refractivity contribution in [3.05, 3.63) is 108 Å². The fraction of sp³-hybridized carbons (Fsp3) is 0.111. The van der Waals surface area contributed by atoms with Crippen molar-refractivity contribution in [1.82, 2.24) is 19.3 Å². The number of nitrogens with one attached hydrogen (secondary N) is 1. The lowest BCUT2D eigenvalue weighted by Gasteiger charge is -2.18. The number of rotatable bonds is 7. The zero-order valence-corrected chi connectivity index (χ0v) is 19.1. The molecule has 0 aliphatic heterocycles. The SMILES string of the molecule is C=C(N)c1ccc2c(c1)nc(Nc1ccc(-n3cccn3)cc1)n2Cc1ccccc1C(C)(F)F. The van der Waals surface area contributed by atoms with Crippen LogP contribution in [0.5, 0.6) is 0 Å². The number of nitrogens with two attached hydrogens (primary N) is 1. The van der Waals surface area contributed by atoms with Gasteiger partial charge < -0.3 is 15.6 Å². The normalized spacial score (nSPS) is 11.6. The summed E-state index contributed by atoms with van der Waals surface area (Å²) < 4.78 is 32.3. The molecule has 0 aliphatic carbocycles. The minimum Gasteiger partial charge on any atom is -0.399 e. The molecule has 3 N–H and O–H groups in total. The summed E-state index contributed by atoms with van der Waals surface area (Å²) in [6, 6.07) is 21.7. The Balaban J connectivity index is 1.56. The Morgan fingerprint density at radius 3 is 2.51 bits per heavy atom. The van der Waals surface area contributed by atoms with Gasteiger partial charge in [-0.1, -0.05) is 36.9 Å². The number of alkyl halides is 2. The maximum Gasteiger partial charge on any atom is 0.270 e. The van der Waals surface area contributed by atoms with Crippen molar-refractivity contribution in [2.45, 2.75) is 19.4 Å². The summed E-state index contributed by atoms with van der Waals surface area (Å²) in [7, 11) is 0. The standard InChI is InChI=1S/C27H24F2N6/c1-18(30)19-8-13-25-24(16-19)33-26(32-21-9-11-22(12-10-21)35-15-5-14-31-35)34(25)17-20-6-3-4-7-23(20)27(2,28)29/h3-16H,1,17,30H2,2H3,(H,32,33). The first-order chi connectivity index (χ1) is 16.8. The summed E-state index contributed by atoms with van der Waals surface area (Å²) in [6.07, 6.45) is 3.59. The van der Waals surface area contributed by atoms with Crippen LogP contribution in [-0.2, 0) is 12.5 Å². The smallest absolute Gasteiger partial charge is 0.270 e. The molecule has 0 spiro atoms. The molecule has 0 saturated heterocycles. The lowest BCUT2D eigenvalue weighted by molar-refractivity contribution is 0.0165. The van der Waals surface area contributed by atoms with Gasteiger partial charge in [0.2, 0.25) is 5.95 Å². The van der Waals surface area contributed by atoms with Gasteiger partial charge in [0.25, 0.3) is 5.92 Å². The van der Waals surface area contributed by atoms with E-state index in [-0.39, 0.29) is 12.1 Å². The number of hydrogen-bond donors (Lipinski definition) is 2. The van der Waals surface area contributed by atoms with E-state index < -0.39 is 5.92 Å². The Kier molecular flexibility index (Phi) is 5.56. The van der Waals surface area contributed by atoms with Crippen molar-refractivity contribution in [3.63, 3.8) is 0 Å². The highest BCUT2D eigenvalue weighted by Crippen LogP contribution is 2.32. The van der Waals surface area contributed by atoms with Gasteiger partial charge in [0.05, 0.1) is 23.3 Å². The second-order valence-corrected chi connectivity index (χ2v) is 8.42. The van der Waals surface area contributed by atoms with Gasteiger partial charge in [-0.05, 0) is 53.6 Å². The molecule has 0 bridgehead atoms. The Morgan fingerprint density at radius 2 is 1.83 bits per heavy atom. The van der Waals surface area contributed by atoms with Gasteiger partial charge in [0, 0.05) is 36.3 Å². The highest BCUT2D eigenvalue weighted by atomic mass is 19.3. The van der Waals surface area contributed by atoms with E-state index in [0.717, 1.165) is 29.4 Å². The van der Waals surface area contributed by atoms with E-state index >= 15 is 0 Å². The molecule has 0 saturated carbocycles. The van der Waals surface area contributed by atoms with E-state index in [9.17, 15) is 8.78 Å². The van der Waals surface area contributed by atoms with E-state index in [1.807, 2.05) is 59.3 Å². The largest absolute Gasteiger partial charge is 0.399 e. The second kappa shape index (κ2) is 8.72. The molecule has 8 heteroatoms. The molecular weight excluding hydrogens is 446 g/mol. The second-order valence-electron chi connectivity index (χ2n) is 8.42. The van der Waals surface area contributed by atoms with Gasteiger partial charge in [0.15, 0.2) is 0 Å². The highest BCUT2D eigenvalue weighted by Gasteiger charge is 2.27. The quantitative estimate of drug-likeness (QED) is 0.303. The molecule has 0 amide bonds. The highest BCUT2D eigenvalue weighted by molar-refractivity contribution is 5.83. The maximum atomic E-state index is 14.3. The van der Waals surface area contributed by atoms with Crippen LogP contribution in [0.25, 0.3) is 22.4 Å². The zero-order valence-electron chi connectivity index (χ0n) is 19.1. The molecule has 0 aliphatic rings. The van der Waals surface area contributed by atoms with Crippen molar-refractivity contribution >= 4 is 28.4 Å². The molecule has 35 heavy (non-hydrogen) atoms. The molecule has 0 atom stereocenters. The van der Waals surface area contributed by atoms with Crippen LogP contribution < -0.4 is 11.1 Å². The average Bonchev–Trinajstić information content (AvgIpc) is 3.48. The van der Waals surface area contributed by atoms with E-state index in [2.05, 4.69) is 17.0 Å². The minimum absolute atomic E-state index is 0.0108. The van der Waals surface area contributed by atoms with Gasteiger partial charge >= 0.3 is 0 Å². The number of aromatic nitrogens is 4. The third-order valence-corrected chi connectivity index (χ3v) is 5.83. The summed E-state index contributed by atoms with van der Waals surface area (Å²) >= 11 is 0. The lowest BCUT2D eigenvalue weighted by Crippen LogP contribution is -2.14. The Bertz CT molecular complexity index is 1500. The first-order valence-corrected chi connectivity index (χ1v) is 11.1. The number of imidazole rings is 1. The van der Waals surface area contributed by atoms with Gasteiger partial charge in [-0.3, -0.25) is 0 Å². The Labute approximate surface area is 201 Å². The van der Waals surface area contributed by atoms with Crippen LogP contribution in [0.4, 0.5) is 20.4 Å². The van der Waals surface area contributed by atoms with E-state index in [0.29, 0.717) is 22.7 Å². The fourth-order valence-electron chi connectivity index (χ4n) is 4.09. The van der Waals surface area contributed by atoms with Crippen LogP contribution in [0.15, 0.2) is 91.8 Å². The van der Waals surface area contributed by atoms with Crippen molar-refractivity contribution in [2.75, 3.05) is 5.32 Å². The van der Waals surface area contributed by atoms with Gasteiger partial charge in [-0.25, -0.2) is 18.4 Å². The molecule has 5 aromatic rings. The number of nitrogens with zero attached hydrogens (tertiary/aromatic N) is 4. The summed E-state index contributed by atoms with van der Waals surface area (Å²) in [4.78, 5) is 4.76. The van der Waals surface area contributed by atoms with E-state index in [1.54, 1.807) is 29.1 Å². The fourth-order valence-corrected chi connectivity index (χ4v) is 4.09. The van der Waals surface area contributed by atoms with Gasteiger partial charge in [-0.15, -0.1) is 0 Å². The number of hydrogen-bond acceptors (Lipinski definition) is 4. The van der Waals surface area contributed by atoms with Gasteiger partial charge in [0.1, 0.15) is 0 Å². The van der Waals surface area contributed by atoms with Crippen LogP contribution >= 0.6 is 0 Å². The molecule has 0 fully saturated rings. The summed E-state index contributed by atoms with van der Waals surface area (Å²) in [6.45, 7) is 4.93. The van der Waals surface area contributed by atoms with Crippen molar-refractivity contribution in [1.29, 1.82) is 0 Å². The maximum absolute atomic E-state index is 14.3. The summed E-state index contributed by atoms with van der Waals surface area (Å²) in [5.74, 6) is -2.44. The zero-order chi connectivity index (χ0) is 24.6. The lowest BCUT2D eigenvalue weighted by atomic mass is 10.0. The predicted molar refractivity (Wildman–Crippen MR) is 135 cm³/mol. The van der Waals surface area contributed by atoms with E-state index in [1.165, 1.54) is 6.07 Å². The topological polar surface area (TPSA) is 73.7 Å². The van der Waals surface area contributed by atoms with Gasteiger partial charge in [-0.2, -0.15) is 5.10 Å². The molecule has 0 unspecified atom stereocenters. The summed E-state index contributed by atoms with van der Waals surface area (Å²) in [5, 5.41) is 7.58. The molecule has 6 nitrogen and oxygen atoms in total. The van der Waals surface area contributed by atoms with Crippen LogP contribution in [0.1, 0.15) is 23.6 Å². The van der Waals surface area contributed by atoms with Crippen LogP contribution in [0, 0.1) is 0 Å². The molecular formula is C27H24F2N6. The molecule has 2 aromatic heterocycles. The number of benzene rings is 3. The average molecular weight is 471 g/mol. The molecule has 0 radical (unpaired) electrons. The molecule has 5 rings (SSSR count). The first kappa shape index (κ1) is 22.3. The molecule has 2 heterocycles. The van der Waals surface area contributed by atoms with Crippen LogP contribution in [0.2, 0.25) is 0 Å². The number of fused-ring (bicyclic) bond motifs is 1. The molecule has 176 valence electrons. The van der Waals surface area contributed by atoms with Crippen molar-refractivity contribution < 1.29 is 8.78 Å².